The van der Waals surface area contributed by atoms with E-state index in [1.165, 1.54) is 0 Å². The Labute approximate surface area is 103 Å². The van der Waals surface area contributed by atoms with E-state index in [0.29, 0.717) is 18.8 Å². The third-order valence-corrected chi connectivity index (χ3v) is 4.45. The Morgan fingerprint density at radius 1 is 1.19 bits per heavy atom. The van der Waals surface area contributed by atoms with E-state index in [0.717, 1.165) is 0 Å². The molecule has 0 spiro atoms. The highest BCUT2D eigenvalue weighted by molar-refractivity contribution is 7.91. The van der Waals surface area contributed by atoms with Crippen molar-refractivity contribution < 1.29 is 8.42 Å². The van der Waals surface area contributed by atoms with Gasteiger partial charge in [-0.3, -0.25) is 0 Å². The number of aromatic nitrogens is 2. The molecule has 0 radical (unpaired) electrons. The number of sulfone groups is 1. The summed E-state index contributed by atoms with van der Waals surface area (Å²) in [5.74, 6) is 0.256. The van der Waals surface area contributed by atoms with E-state index in [2.05, 4.69) is 10.2 Å². The smallest absolute Gasteiger partial charge is 0.175 e. The van der Waals surface area contributed by atoms with Crippen molar-refractivity contribution in [1.82, 2.24) is 10.2 Å². The second-order valence-electron chi connectivity index (χ2n) is 3.48. The quantitative estimate of drug-likeness (QED) is 0.769. The first-order valence-corrected chi connectivity index (χ1v) is 7.20. The van der Waals surface area contributed by atoms with E-state index in [1.807, 2.05) is 4.90 Å². The molecule has 0 aliphatic carbocycles. The van der Waals surface area contributed by atoms with Crippen molar-refractivity contribution in [2.75, 3.05) is 29.5 Å². The van der Waals surface area contributed by atoms with Gasteiger partial charge in [-0.1, -0.05) is 23.2 Å². The van der Waals surface area contributed by atoms with Crippen molar-refractivity contribution in [2.24, 2.45) is 0 Å². The van der Waals surface area contributed by atoms with Crippen LogP contribution in [0.1, 0.15) is 0 Å². The van der Waals surface area contributed by atoms with Gasteiger partial charge in [0.2, 0.25) is 0 Å². The Bertz CT molecular complexity index is 492. The standard InChI is InChI=1S/C8H9Cl2N3O2S/c9-7-5-6(8(10)12-11-7)13-1-3-16(14,15)4-2-13/h5H,1-4H2. The van der Waals surface area contributed by atoms with E-state index in [4.69, 9.17) is 23.2 Å². The highest BCUT2D eigenvalue weighted by Gasteiger charge is 2.23. The SMILES string of the molecule is O=S1(=O)CCN(c2cc(Cl)nnc2Cl)CC1. The molecule has 1 fully saturated rings. The van der Waals surface area contributed by atoms with E-state index >= 15 is 0 Å². The molecule has 2 rings (SSSR count). The summed E-state index contributed by atoms with van der Waals surface area (Å²) in [6, 6.07) is 1.59. The lowest BCUT2D eigenvalue weighted by molar-refractivity contribution is 0.586. The van der Waals surface area contributed by atoms with Crippen LogP contribution >= 0.6 is 23.2 Å². The number of halogens is 2. The maximum absolute atomic E-state index is 11.3. The van der Waals surface area contributed by atoms with Crippen LogP contribution in [-0.4, -0.2) is 43.2 Å². The molecule has 0 aromatic carbocycles. The highest BCUT2D eigenvalue weighted by Crippen LogP contribution is 2.26. The Morgan fingerprint density at radius 3 is 2.44 bits per heavy atom. The van der Waals surface area contributed by atoms with Gasteiger partial charge in [0.15, 0.2) is 20.1 Å². The van der Waals surface area contributed by atoms with Crippen molar-refractivity contribution in [3.63, 3.8) is 0 Å². The van der Waals surface area contributed by atoms with Gasteiger partial charge in [-0.05, 0) is 0 Å². The fraction of sp³-hybridized carbons (Fsp3) is 0.500. The van der Waals surface area contributed by atoms with Crippen LogP contribution in [0.3, 0.4) is 0 Å². The van der Waals surface area contributed by atoms with Crippen LogP contribution in [-0.2, 0) is 9.84 Å². The zero-order valence-electron chi connectivity index (χ0n) is 8.23. The van der Waals surface area contributed by atoms with Gasteiger partial charge < -0.3 is 4.90 Å². The summed E-state index contributed by atoms with van der Waals surface area (Å²) >= 11 is 11.6. The molecule has 5 nitrogen and oxygen atoms in total. The predicted octanol–water partition coefficient (Wildman–Crippen LogP) is 1.02. The van der Waals surface area contributed by atoms with Gasteiger partial charge in [0, 0.05) is 19.2 Å². The molecule has 88 valence electrons. The van der Waals surface area contributed by atoms with Crippen LogP contribution in [0.5, 0.6) is 0 Å². The highest BCUT2D eigenvalue weighted by atomic mass is 35.5. The van der Waals surface area contributed by atoms with E-state index in [-0.39, 0.29) is 21.8 Å². The summed E-state index contributed by atoms with van der Waals surface area (Å²) in [6.07, 6.45) is 0. The van der Waals surface area contributed by atoms with Gasteiger partial charge in [-0.15, -0.1) is 10.2 Å². The molecule has 1 aliphatic heterocycles. The summed E-state index contributed by atoms with van der Waals surface area (Å²) in [5, 5.41) is 7.77. The molecule has 0 unspecified atom stereocenters. The molecule has 16 heavy (non-hydrogen) atoms. The van der Waals surface area contributed by atoms with Crippen LogP contribution < -0.4 is 4.90 Å². The van der Waals surface area contributed by atoms with Crippen LogP contribution in [0.15, 0.2) is 6.07 Å². The molecule has 1 aromatic heterocycles. The summed E-state index contributed by atoms with van der Waals surface area (Å²) in [4.78, 5) is 1.85. The molecule has 0 atom stereocenters. The monoisotopic (exact) mass is 281 g/mol. The largest absolute Gasteiger partial charge is 0.367 e. The third-order valence-electron chi connectivity index (χ3n) is 2.39. The van der Waals surface area contributed by atoms with Gasteiger partial charge in [0.1, 0.15) is 0 Å². The van der Waals surface area contributed by atoms with Crippen molar-refractivity contribution in [3.8, 4) is 0 Å². The fourth-order valence-corrected chi connectivity index (χ4v) is 3.07. The number of nitrogens with zero attached hydrogens (tertiary/aromatic N) is 3. The van der Waals surface area contributed by atoms with Crippen LogP contribution in [0.2, 0.25) is 10.3 Å². The van der Waals surface area contributed by atoms with Gasteiger partial charge in [0.25, 0.3) is 0 Å². The molecule has 1 aliphatic rings. The molecule has 8 heteroatoms. The lowest BCUT2D eigenvalue weighted by Crippen LogP contribution is -2.40. The lowest BCUT2D eigenvalue weighted by atomic mass is 10.4. The molecule has 0 bridgehead atoms. The minimum Gasteiger partial charge on any atom is -0.367 e. The maximum atomic E-state index is 11.3. The summed E-state index contributed by atoms with van der Waals surface area (Å²) < 4.78 is 22.5. The van der Waals surface area contributed by atoms with Gasteiger partial charge >= 0.3 is 0 Å². The van der Waals surface area contributed by atoms with Crippen molar-refractivity contribution in [1.29, 1.82) is 0 Å². The molecule has 2 heterocycles. The summed E-state index contributed by atoms with van der Waals surface area (Å²) in [6.45, 7) is 0.814. The van der Waals surface area contributed by atoms with Gasteiger partial charge in [-0.2, -0.15) is 0 Å². The zero-order valence-corrected chi connectivity index (χ0v) is 10.6. The first-order chi connectivity index (χ1) is 7.48. The van der Waals surface area contributed by atoms with E-state index in [1.54, 1.807) is 6.07 Å². The zero-order chi connectivity index (χ0) is 11.8. The lowest BCUT2D eigenvalue weighted by Gasteiger charge is -2.28. The van der Waals surface area contributed by atoms with E-state index in [9.17, 15) is 8.42 Å². The molecule has 0 amide bonds. The molecular weight excluding hydrogens is 273 g/mol. The minimum absolute atomic E-state index is 0.128. The first-order valence-electron chi connectivity index (χ1n) is 4.62. The van der Waals surface area contributed by atoms with Gasteiger partial charge in [0.05, 0.1) is 17.2 Å². The second kappa shape index (κ2) is 4.35. The number of rotatable bonds is 1. The van der Waals surface area contributed by atoms with Crippen LogP contribution in [0.4, 0.5) is 5.69 Å². The Kier molecular flexibility index (Phi) is 3.23. The maximum Gasteiger partial charge on any atom is 0.175 e. The van der Waals surface area contributed by atoms with Crippen molar-refractivity contribution >= 4 is 38.7 Å². The summed E-state index contributed by atoms with van der Waals surface area (Å²) in [5.41, 5.74) is 0.636. The first kappa shape index (κ1) is 11.9. The predicted molar refractivity (Wildman–Crippen MR) is 62.9 cm³/mol. The Hall–Kier alpha value is -0.590. The van der Waals surface area contributed by atoms with Crippen LogP contribution in [0.25, 0.3) is 0 Å². The number of hydrogen-bond acceptors (Lipinski definition) is 5. The molecular formula is C8H9Cl2N3O2S. The van der Waals surface area contributed by atoms with E-state index < -0.39 is 9.84 Å². The number of hydrogen-bond donors (Lipinski definition) is 0. The number of anilines is 1. The average molecular weight is 282 g/mol. The molecule has 0 saturated carbocycles. The van der Waals surface area contributed by atoms with Crippen molar-refractivity contribution in [2.45, 2.75) is 0 Å². The Balaban J connectivity index is 2.23. The molecule has 0 N–H and O–H groups in total. The second-order valence-corrected chi connectivity index (χ2v) is 6.53. The molecule has 1 aromatic rings. The third kappa shape index (κ3) is 2.56. The summed E-state index contributed by atoms with van der Waals surface area (Å²) in [7, 11) is -2.90. The normalized spacial score (nSPS) is 19.8. The van der Waals surface area contributed by atoms with Gasteiger partial charge in [-0.25, -0.2) is 8.42 Å². The fourth-order valence-electron chi connectivity index (χ4n) is 1.52. The average Bonchev–Trinajstić information content (AvgIpc) is 2.22. The van der Waals surface area contributed by atoms with Crippen molar-refractivity contribution in [3.05, 3.63) is 16.4 Å². The minimum atomic E-state index is -2.90. The van der Waals surface area contributed by atoms with Crippen LogP contribution in [0, 0.1) is 0 Å². The molecule has 1 saturated heterocycles. The Morgan fingerprint density at radius 2 is 1.81 bits per heavy atom. The topological polar surface area (TPSA) is 63.2 Å².